The van der Waals surface area contributed by atoms with Crippen LogP contribution in [0.1, 0.15) is 5.56 Å². The van der Waals surface area contributed by atoms with E-state index in [0.717, 1.165) is 16.7 Å². The number of aliphatic hydroxyl groups is 1. The molecule has 0 bridgehead atoms. The van der Waals surface area contributed by atoms with Crippen molar-refractivity contribution in [2.45, 2.75) is 12.9 Å². The van der Waals surface area contributed by atoms with Crippen molar-refractivity contribution >= 4 is 5.82 Å². The van der Waals surface area contributed by atoms with Gasteiger partial charge in [-0.3, -0.25) is 10.00 Å². The van der Waals surface area contributed by atoms with Gasteiger partial charge in [0.15, 0.2) is 6.35 Å². The minimum Gasteiger partial charge on any atom is -0.361 e. The third-order valence-electron chi connectivity index (χ3n) is 3.43. The third-order valence-corrected chi connectivity index (χ3v) is 3.43. The maximum Gasteiger partial charge on any atom is 0.182 e. The van der Waals surface area contributed by atoms with E-state index in [0.29, 0.717) is 12.4 Å². The lowest BCUT2D eigenvalue weighted by atomic mass is 10.2. The van der Waals surface area contributed by atoms with Crippen LogP contribution in [-0.4, -0.2) is 26.2 Å². The highest BCUT2D eigenvalue weighted by molar-refractivity contribution is 5.62. The van der Waals surface area contributed by atoms with Gasteiger partial charge in [0.05, 0.1) is 6.20 Å². The zero-order valence-corrected chi connectivity index (χ0v) is 12.8. The van der Waals surface area contributed by atoms with E-state index < -0.39 is 6.35 Å². The van der Waals surface area contributed by atoms with Crippen LogP contribution in [0.3, 0.4) is 0 Å². The van der Waals surface area contributed by atoms with Crippen molar-refractivity contribution in [1.82, 2.24) is 20.1 Å². The van der Waals surface area contributed by atoms with Gasteiger partial charge in [0.2, 0.25) is 0 Å². The summed E-state index contributed by atoms with van der Waals surface area (Å²) >= 11 is 0. The number of aromatic nitrogens is 3. The monoisotopic (exact) mass is 309 g/mol. The normalized spacial score (nSPS) is 12.1. The number of pyridine rings is 1. The summed E-state index contributed by atoms with van der Waals surface area (Å²) in [5, 5.41) is 20.0. The molecule has 2 aromatic heterocycles. The SMILES string of the molecule is Cn1cc(-c2ccc(NC(O)NCc3ccccc3)nc2)cn1. The molecule has 23 heavy (non-hydrogen) atoms. The summed E-state index contributed by atoms with van der Waals surface area (Å²) in [6.45, 7) is 0.572. The Morgan fingerprint density at radius 3 is 2.57 bits per heavy atom. The molecule has 2 heterocycles. The van der Waals surface area contributed by atoms with E-state index in [2.05, 4.69) is 20.7 Å². The molecular formula is C17H19N5O. The Kier molecular flexibility index (Phi) is 4.65. The molecule has 1 unspecified atom stereocenters. The Balaban J connectivity index is 1.55. The van der Waals surface area contributed by atoms with E-state index in [1.54, 1.807) is 17.1 Å². The number of aryl methyl sites for hydroxylation is 1. The van der Waals surface area contributed by atoms with E-state index in [-0.39, 0.29) is 0 Å². The standard InChI is InChI=1S/C17H19N5O/c1-22-12-15(11-20-22)14-7-8-16(18-10-14)21-17(23)19-9-13-5-3-2-4-6-13/h2-8,10-12,17,19,23H,9H2,1H3,(H,18,21). The molecule has 118 valence electrons. The van der Waals surface area contributed by atoms with Crippen molar-refractivity contribution in [3.05, 3.63) is 66.6 Å². The van der Waals surface area contributed by atoms with E-state index >= 15 is 0 Å². The van der Waals surface area contributed by atoms with Crippen molar-refractivity contribution in [2.75, 3.05) is 5.32 Å². The van der Waals surface area contributed by atoms with Gasteiger partial charge in [0.1, 0.15) is 5.82 Å². The second kappa shape index (κ2) is 7.04. The molecule has 1 aromatic carbocycles. The molecule has 0 saturated carbocycles. The number of rotatable bonds is 6. The van der Waals surface area contributed by atoms with Crippen LogP contribution in [0.5, 0.6) is 0 Å². The van der Waals surface area contributed by atoms with Crippen LogP contribution in [-0.2, 0) is 13.6 Å². The Morgan fingerprint density at radius 2 is 1.91 bits per heavy atom. The Hall–Kier alpha value is -2.70. The van der Waals surface area contributed by atoms with Gasteiger partial charge in [-0.15, -0.1) is 0 Å². The van der Waals surface area contributed by atoms with E-state index in [9.17, 15) is 5.11 Å². The third kappa shape index (κ3) is 4.15. The summed E-state index contributed by atoms with van der Waals surface area (Å²) < 4.78 is 1.75. The summed E-state index contributed by atoms with van der Waals surface area (Å²) in [6, 6.07) is 13.7. The molecule has 3 rings (SSSR count). The van der Waals surface area contributed by atoms with E-state index in [4.69, 9.17) is 0 Å². The molecule has 0 radical (unpaired) electrons. The van der Waals surface area contributed by atoms with Gasteiger partial charge in [-0.25, -0.2) is 4.98 Å². The van der Waals surface area contributed by atoms with Crippen molar-refractivity contribution < 1.29 is 5.11 Å². The predicted molar refractivity (Wildman–Crippen MR) is 89.4 cm³/mol. The first-order valence-electron chi connectivity index (χ1n) is 7.38. The van der Waals surface area contributed by atoms with Crippen LogP contribution in [0, 0.1) is 0 Å². The van der Waals surface area contributed by atoms with E-state index in [1.165, 1.54) is 0 Å². The van der Waals surface area contributed by atoms with Crippen molar-refractivity contribution in [3.63, 3.8) is 0 Å². The maximum atomic E-state index is 9.98. The second-order valence-electron chi connectivity index (χ2n) is 5.25. The molecule has 0 spiro atoms. The molecule has 3 N–H and O–H groups in total. The number of hydrogen-bond donors (Lipinski definition) is 3. The van der Waals surface area contributed by atoms with Gasteiger partial charge in [-0.05, 0) is 17.7 Å². The van der Waals surface area contributed by atoms with Crippen LogP contribution in [0.15, 0.2) is 61.1 Å². The number of anilines is 1. The highest BCUT2D eigenvalue weighted by Crippen LogP contribution is 2.18. The number of aliphatic hydroxyl groups excluding tert-OH is 1. The molecule has 6 nitrogen and oxygen atoms in total. The molecule has 0 aliphatic rings. The van der Waals surface area contributed by atoms with Crippen molar-refractivity contribution in [3.8, 4) is 11.1 Å². The molecule has 0 aliphatic carbocycles. The second-order valence-corrected chi connectivity index (χ2v) is 5.25. The van der Waals surface area contributed by atoms with Crippen molar-refractivity contribution in [1.29, 1.82) is 0 Å². The fraction of sp³-hybridized carbons (Fsp3) is 0.176. The highest BCUT2D eigenvalue weighted by Gasteiger charge is 2.05. The van der Waals surface area contributed by atoms with Crippen LogP contribution < -0.4 is 10.6 Å². The van der Waals surface area contributed by atoms with Crippen LogP contribution in [0.25, 0.3) is 11.1 Å². The average Bonchev–Trinajstić information content (AvgIpc) is 3.01. The largest absolute Gasteiger partial charge is 0.361 e. The quantitative estimate of drug-likeness (QED) is 0.607. The van der Waals surface area contributed by atoms with Gasteiger partial charge in [0, 0.05) is 37.1 Å². The average molecular weight is 309 g/mol. The molecular weight excluding hydrogens is 290 g/mol. The fourth-order valence-electron chi connectivity index (χ4n) is 2.22. The van der Waals surface area contributed by atoms with Crippen LogP contribution in [0.4, 0.5) is 5.82 Å². The topological polar surface area (TPSA) is 75.0 Å². The van der Waals surface area contributed by atoms with Crippen LogP contribution >= 0.6 is 0 Å². The lowest BCUT2D eigenvalue weighted by molar-refractivity contribution is 0.163. The van der Waals surface area contributed by atoms with E-state index in [1.807, 2.05) is 55.7 Å². The Labute approximate surface area is 134 Å². The Bertz CT molecular complexity index is 739. The predicted octanol–water partition coefficient (Wildman–Crippen LogP) is 1.96. The summed E-state index contributed by atoms with van der Waals surface area (Å²) in [4.78, 5) is 4.31. The summed E-state index contributed by atoms with van der Waals surface area (Å²) in [7, 11) is 1.88. The summed E-state index contributed by atoms with van der Waals surface area (Å²) in [6.07, 6.45) is 4.61. The maximum absolute atomic E-state index is 9.98. The lowest BCUT2D eigenvalue weighted by Crippen LogP contribution is -2.35. The fourth-order valence-corrected chi connectivity index (χ4v) is 2.22. The first kappa shape index (κ1) is 15.2. The number of nitrogens with zero attached hydrogens (tertiary/aromatic N) is 3. The zero-order valence-electron chi connectivity index (χ0n) is 12.8. The van der Waals surface area contributed by atoms with Crippen LogP contribution in [0.2, 0.25) is 0 Å². The molecule has 6 heteroatoms. The van der Waals surface area contributed by atoms with Crippen molar-refractivity contribution in [2.24, 2.45) is 7.05 Å². The number of hydrogen-bond acceptors (Lipinski definition) is 5. The van der Waals surface area contributed by atoms with Gasteiger partial charge in [0.25, 0.3) is 0 Å². The minimum atomic E-state index is -0.869. The van der Waals surface area contributed by atoms with Gasteiger partial charge < -0.3 is 10.4 Å². The smallest absolute Gasteiger partial charge is 0.182 e. The molecule has 0 fully saturated rings. The molecule has 1 atom stereocenters. The zero-order chi connectivity index (χ0) is 16.1. The minimum absolute atomic E-state index is 0.572. The van der Waals surface area contributed by atoms with Gasteiger partial charge >= 0.3 is 0 Å². The molecule has 0 saturated heterocycles. The molecule has 0 amide bonds. The van der Waals surface area contributed by atoms with Gasteiger partial charge in [-0.2, -0.15) is 5.10 Å². The summed E-state index contributed by atoms with van der Waals surface area (Å²) in [5.41, 5.74) is 3.10. The molecule has 0 aliphatic heterocycles. The first-order chi connectivity index (χ1) is 11.2. The Morgan fingerprint density at radius 1 is 1.09 bits per heavy atom. The highest BCUT2D eigenvalue weighted by atomic mass is 16.3. The van der Waals surface area contributed by atoms with Gasteiger partial charge in [-0.1, -0.05) is 30.3 Å². The molecule has 3 aromatic rings. The summed E-state index contributed by atoms with van der Waals surface area (Å²) in [5.74, 6) is 0.603. The first-order valence-corrected chi connectivity index (χ1v) is 7.38. The number of benzene rings is 1. The number of nitrogens with one attached hydrogen (secondary N) is 2. The lowest BCUT2D eigenvalue weighted by Gasteiger charge is -2.15.